The van der Waals surface area contributed by atoms with Gasteiger partial charge in [-0.25, -0.2) is 9.67 Å². The number of nitrogens with one attached hydrogen (secondary N) is 2. The van der Waals surface area contributed by atoms with Gasteiger partial charge in [-0.05, 0) is 41.9 Å². The first-order valence-corrected chi connectivity index (χ1v) is 11.3. The van der Waals surface area contributed by atoms with Crippen LogP contribution < -0.4 is 10.6 Å². The highest BCUT2D eigenvalue weighted by Crippen LogP contribution is 2.22. The predicted octanol–water partition coefficient (Wildman–Crippen LogP) is 2.67. The summed E-state index contributed by atoms with van der Waals surface area (Å²) in [7, 11) is 3.49. The van der Waals surface area contributed by atoms with Crippen LogP contribution in [0.3, 0.4) is 0 Å². The standard InChI is InChI=1S/C20H33N7OS.HI/c1-5-26(6-2)17(15-9-10-29-14-15)11-22-20(21-3)23-16-7-8-19-24-18(13-28-4)25-27(19)12-16;/h9-10,14,16-17H,5-8,11-13H2,1-4H3,(H2,21,22,23);1H. The Kier molecular flexibility index (Phi) is 10.5. The smallest absolute Gasteiger partial charge is 0.191 e. The second-order valence-electron chi connectivity index (χ2n) is 7.19. The highest BCUT2D eigenvalue weighted by molar-refractivity contribution is 14.0. The fourth-order valence-electron chi connectivity index (χ4n) is 3.84. The number of methoxy groups -OCH3 is 1. The molecule has 0 spiro atoms. The third-order valence-corrected chi connectivity index (χ3v) is 6.09. The molecule has 3 heterocycles. The number of halogens is 1. The zero-order chi connectivity index (χ0) is 20.6. The molecular formula is C20H34IN7OS. The Morgan fingerprint density at radius 1 is 1.43 bits per heavy atom. The molecule has 3 rings (SSSR count). The second kappa shape index (κ2) is 12.6. The summed E-state index contributed by atoms with van der Waals surface area (Å²) in [4.78, 5) is 11.5. The molecule has 0 aromatic carbocycles. The Balaban J connectivity index is 0.00000320. The van der Waals surface area contributed by atoms with Gasteiger partial charge in [-0.2, -0.15) is 16.4 Å². The van der Waals surface area contributed by atoms with Gasteiger partial charge in [0.05, 0.1) is 12.6 Å². The molecule has 0 bridgehead atoms. The highest BCUT2D eigenvalue weighted by atomic mass is 127. The van der Waals surface area contributed by atoms with Crippen LogP contribution in [0.1, 0.15) is 43.5 Å². The minimum absolute atomic E-state index is 0. The van der Waals surface area contributed by atoms with Crippen LogP contribution in [0.2, 0.25) is 0 Å². The number of hydrogen-bond acceptors (Lipinski definition) is 6. The number of likely N-dealkylation sites (N-methyl/N-ethyl adjacent to an activating group) is 1. The number of rotatable bonds is 9. The number of hydrogen-bond donors (Lipinski definition) is 2. The third kappa shape index (κ3) is 6.38. The maximum absolute atomic E-state index is 5.15. The highest BCUT2D eigenvalue weighted by Gasteiger charge is 2.23. The normalized spacial score (nSPS) is 17.4. The molecule has 8 nitrogen and oxygen atoms in total. The first-order valence-electron chi connectivity index (χ1n) is 10.3. The number of aliphatic imine (C=N–C) groups is 1. The van der Waals surface area contributed by atoms with E-state index in [0.717, 1.165) is 56.6 Å². The number of thiophene rings is 1. The molecule has 1 aliphatic rings. The fourth-order valence-corrected chi connectivity index (χ4v) is 4.54. The SMILES string of the molecule is CCN(CC)C(CNC(=NC)NC1CCc2nc(COC)nn2C1)c1ccsc1.I. The minimum Gasteiger partial charge on any atom is -0.377 e. The van der Waals surface area contributed by atoms with E-state index in [2.05, 4.69) is 61.3 Å². The molecule has 0 aliphatic carbocycles. The molecule has 1 aliphatic heterocycles. The monoisotopic (exact) mass is 547 g/mol. The van der Waals surface area contributed by atoms with Crippen molar-refractivity contribution >= 4 is 41.3 Å². The summed E-state index contributed by atoms with van der Waals surface area (Å²) in [5.74, 6) is 2.63. The zero-order valence-corrected chi connectivity index (χ0v) is 21.4. The Hall–Kier alpha value is -1.24. The quantitative estimate of drug-likeness (QED) is 0.286. The number of aryl methyl sites for hydroxylation is 1. The van der Waals surface area contributed by atoms with Crippen molar-refractivity contribution in [1.82, 2.24) is 30.3 Å². The molecule has 0 radical (unpaired) electrons. The van der Waals surface area contributed by atoms with E-state index in [1.165, 1.54) is 5.56 Å². The summed E-state index contributed by atoms with van der Waals surface area (Å²) in [6.07, 6.45) is 1.91. The Bertz CT molecular complexity index is 776. The van der Waals surface area contributed by atoms with Gasteiger partial charge in [-0.15, -0.1) is 24.0 Å². The van der Waals surface area contributed by atoms with Gasteiger partial charge in [0.15, 0.2) is 11.8 Å². The van der Waals surface area contributed by atoms with Gasteiger partial charge in [0.2, 0.25) is 0 Å². The summed E-state index contributed by atoms with van der Waals surface area (Å²) in [6.45, 7) is 8.53. The van der Waals surface area contributed by atoms with Crippen LogP contribution in [0.4, 0.5) is 0 Å². The lowest BCUT2D eigenvalue weighted by Crippen LogP contribution is -2.49. The van der Waals surface area contributed by atoms with E-state index in [0.29, 0.717) is 12.6 Å². The van der Waals surface area contributed by atoms with Crippen LogP contribution in [-0.2, 0) is 24.3 Å². The Labute approximate surface area is 200 Å². The third-order valence-electron chi connectivity index (χ3n) is 5.38. The van der Waals surface area contributed by atoms with E-state index in [1.807, 2.05) is 11.7 Å². The molecule has 2 atom stereocenters. The lowest BCUT2D eigenvalue weighted by Gasteiger charge is -2.31. The van der Waals surface area contributed by atoms with Crippen molar-refractivity contribution in [2.45, 2.75) is 51.9 Å². The Morgan fingerprint density at radius 3 is 2.87 bits per heavy atom. The van der Waals surface area contributed by atoms with E-state index in [-0.39, 0.29) is 30.0 Å². The lowest BCUT2D eigenvalue weighted by atomic mass is 10.1. The molecule has 10 heteroatoms. The summed E-state index contributed by atoms with van der Waals surface area (Å²) >= 11 is 1.75. The van der Waals surface area contributed by atoms with E-state index in [1.54, 1.807) is 18.4 Å². The van der Waals surface area contributed by atoms with Crippen molar-refractivity contribution in [3.8, 4) is 0 Å². The summed E-state index contributed by atoms with van der Waals surface area (Å²) in [5.41, 5.74) is 1.36. The maximum atomic E-state index is 5.15. The molecule has 30 heavy (non-hydrogen) atoms. The van der Waals surface area contributed by atoms with Gasteiger partial charge < -0.3 is 15.4 Å². The van der Waals surface area contributed by atoms with E-state index >= 15 is 0 Å². The molecule has 0 fully saturated rings. The first-order chi connectivity index (χ1) is 14.2. The van der Waals surface area contributed by atoms with Crippen molar-refractivity contribution in [2.24, 2.45) is 4.99 Å². The van der Waals surface area contributed by atoms with Crippen molar-refractivity contribution < 1.29 is 4.74 Å². The molecule has 0 amide bonds. The Morgan fingerprint density at radius 2 is 2.23 bits per heavy atom. The summed E-state index contributed by atoms with van der Waals surface area (Å²) < 4.78 is 7.14. The van der Waals surface area contributed by atoms with Crippen LogP contribution in [0.25, 0.3) is 0 Å². The molecule has 2 aromatic heterocycles. The van der Waals surface area contributed by atoms with E-state index in [4.69, 9.17) is 4.74 Å². The lowest BCUT2D eigenvalue weighted by molar-refractivity contribution is 0.177. The molecule has 2 unspecified atom stereocenters. The summed E-state index contributed by atoms with van der Waals surface area (Å²) in [6, 6.07) is 2.83. The molecule has 168 valence electrons. The maximum Gasteiger partial charge on any atom is 0.191 e. The fraction of sp³-hybridized carbons (Fsp3) is 0.650. The average Bonchev–Trinajstić information content (AvgIpc) is 3.39. The molecule has 2 N–H and O–H groups in total. The van der Waals surface area contributed by atoms with Crippen LogP contribution in [-0.4, -0.2) is 65.5 Å². The molecule has 0 saturated carbocycles. The number of aromatic nitrogens is 3. The van der Waals surface area contributed by atoms with Gasteiger partial charge in [0.1, 0.15) is 12.4 Å². The van der Waals surface area contributed by atoms with Crippen molar-refractivity contribution in [3.63, 3.8) is 0 Å². The van der Waals surface area contributed by atoms with Crippen LogP contribution >= 0.6 is 35.3 Å². The predicted molar refractivity (Wildman–Crippen MR) is 133 cm³/mol. The average molecular weight is 548 g/mol. The molecular weight excluding hydrogens is 513 g/mol. The van der Waals surface area contributed by atoms with E-state index < -0.39 is 0 Å². The van der Waals surface area contributed by atoms with Gasteiger partial charge in [-0.3, -0.25) is 9.89 Å². The zero-order valence-electron chi connectivity index (χ0n) is 18.3. The largest absolute Gasteiger partial charge is 0.377 e. The van der Waals surface area contributed by atoms with Crippen molar-refractivity contribution in [3.05, 3.63) is 34.0 Å². The van der Waals surface area contributed by atoms with Crippen LogP contribution in [0.15, 0.2) is 21.8 Å². The van der Waals surface area contributed by atoms with Crippen molar-refractivity contribution in [1.29, 1.82) is 0 Å². The van der Waals surface area contributed by atoms with Crippen LogP contribution in [0, 0.1) is 0 Å². The van der Waals surface area contributed by atoms with Gasteiger partial charge in [0.25, 0.3) is 0 Å². The first kappa shape index (κ1) is 25.0. The topological polar surface area (TPSA) is 79.6 Å². The molecule has 2 aromatic rings. The van der Waals surface area contributed by atoms with E-state index in [9.17, 15) is 0 Å². The number of guanidine groups is 1. The number of nitrogens with zero attached hydrogens (tertiary/aromatic N) is 5. The van der Waals surface area contributed by atoms with Crippen molar-refractivity contribution in [2.75, 3.05) is 33.8 Å². The summed E-state index contributed by atoms with van der Waals surface area (Å²) in [5, 5.41) is 16.0. The van der Waals surface area contributed by atoms with Gasteiger partial charge in [0, 0.05) is 33.2 Å². The second-order valence-corrected chi connectivity index (χ2v) is 7.97. The number of fused-ring (bicyclic) bond motifs is 1. The number of ether oxygens (including phenoxy) is 1. The van der Waals surface area contributed by atoms with Gasteiger partial charge in [-0.1, -0.05) is 13.8 Å². The van der Waals surface area contributed by atoms with Gasteiger partial charge >= 0.3 is 0 Å². The van der Waals surface area contributed by atoms with Crippen LogP contribution in [0.5, 0.6) is 0 Å². The minimum atomic E-state index is 0. The molecule has 0 saturated heterocycles.